The third-order valence-electron chi connectivity index (χ3n) is 2.22. The van der Waals surface area contributed by atoms with E-state index in [2.05, 4.69) is 30.6 Å². The fraction of sp³-hybridized carbons (Fsp3) is 0.500. The lowest BCUT2D eigenvalue weighted by molar-refractivity contribution is 0.283. The molecule has 0 radical (unpaired) electrons. The highest BCUT2D eigenvalue weighted by Gasteiger charge is 2.15. The van der Waals surface area contributed by atoms with Crippen LogP contribution in [0.5, 0.6) is 5.75 Å². The first kappa shape index (κ1) is 15.2. The molecule has 0 saturated carbocycles. The van der Waals surface area contributed by atoms with Gasteiger partial charge in [-0.25, -0.2) is 4.57 Å². The molecule has 0 aliphatic carbocycles. The van der Waals surface area contributed by atoms with E-state index in [9.17, 15) is 4.57 Å². The molecule has 0 fully saturated rings. The monoisotopic (exact) mass is 273 g/mol. The summed E-state index contributed by atoms with van der Waals surface area (Å²) in [6.45, 7) is 7.15. The molecular formula is C12H20NO4P. The van der Waals surface area contributed by atoms with Crippen LogP contribution in [0.4, 0.5) is 0 Å². The quantitative estimate of drug-likeness (QED) is 0.716. The summed E-state index contributed by atoms with van der Waals surface area (Å²) in [6, 6.07) is 6.72. The Morgan fingerprint density at radius 1 is 1.22 bits per heavy atom. The van der Waals surface area contributed by atoms with Crippen LogP contribution in [0, 0.1) is 0 Å². The Kier molecular flexibility index (Phi) is 4.93. The zero-order valence-electron chi connectivity index (χ0n) is 10.9. The minimum atomic E-state index is -4.46. The van der Waals surface area contributed by atoms with Crippen LogP contribution in [0.3, 0.4) is 0 Å². The molecule has 0 bridgehead atoms. The fourth-order valence-electron chi connectivity index (χ4n) is 1.44. The lowest BCUT2D eigenvalue weighted by Crippen LogP contribution is -2.37. The first-order valence-corrected chi connectivity index (χ1v) is 7.28. The number of nitrogens with one attached hydrogen (secondary N) is 1. The predicted molar refractivity (Wildman–Crippen MR) is 70.6 cm³/mol. The molecule has 18 heavy (non-hydrogen) atoms. The Morgan fingerprint density at radius 2 is 1.78 bits per heavy atom. The van der Waals surface area contributed by atoms with Crippen LogP contribution >= 0.6 is 7.82 Å². The number of benzene rings is 1. The molecule has 1 rings (SSSR count). The SMILES string of the molecule is CC(C)(C)NCCc1ccc(OP(=O)(O)O)cc1. The van der Waals surface area contributed by atoms with Crippen LogP contribution in [0.15, 0.2) is 24.3 Å². The van der Waals surface area contributed by atoms with E-state index >= 15 is 0 Å². The number of hydrogen-bond acceptors (Lipinski definition) is 3. The van der Waals surface area contributed by atoms with E-state index in [1.165, 1.54) is 0 Å². The second kappa shape index (κ2) is 5.85. The number of phosphoric acid groups is 1. The Bertz CT molecular complexity index is 419. The molecule has 0 spiro atoms. The molecule has 1 aromatic carbocycles. The van der Waals surface area contributed by atoms with E-state index in [4.69, 9.17) is 9.79 Å². The molecular weight excluding hydrogens is 253 g/mol. The minimum Gasteiger partial charge on any atom is -0.404 e. The van der Waals surface area contributed by atoms with Gasteiger partial charge in [-0.3, -0.25) is 9.79 Å². The van der Waals surface area contributed by atoms with Gasteiger partial charge in [0.25, 0.3) is 0 Å². The largest absolute Gasteiger partial charge is 0.524 e. The zero-order valence-corrected chi connectivity index (χ0v) is 11.8. The molecule has 1 aromatic rings. The summed E-state index contributed by atoms with van der Waals surface area (Å²) < 4.78 is 15.1. The van der Waals surface area contributed by atoms with Crippen LogP contribution < -0.4 is 9.84 Å². The van der Waals surface area contributed by atoms with Crippen molar-refractivity contribution in [3.63, 3.8) is 0 Å². The Balaban J connectivity index is 2.48. The molecule has 0 aliphatic rings. The summed E-state index contributed by atoms with van der Waals surface area (Å²) >= 11 is 0. The van der Waals surface area contributed by atoms with E-state index < -0.39 is 7.82 Å². The maximum absolute atomic E-state index is 10.6. The van der Waals surface area contributed by atoms with Gasteiger partial charge in [-0.15, -0.1) is 0 Å². The van der Waals surface area contributed by atoms with Crippen molar-refractivity contribution in [2.75, 3.05) is 6.54 Å². The average Bonchev–Trinajstić information content (AvgIpc) is 2.16. The van der Waals surface area contributed by atoms with Crippen molar-refractivity contribution in [1.29, 1.82) is 0 Å². The topological polar surface area (TPSA) is 78.8 Å². The zero-order chi connectivity index (χ0) is 13.8. The average molecular weight is 273 g/mol. The molecule has 0 amide bonds. The van der Waals surface area contributed by atoms with Crippen LogP contribution in [0.25, 0.3) is 0 Å². The normalized spacial score (nSPS) is 12.5. The molecule has 0 aromatic heterocycles. The lowest BCUT2D eigenvalue weighted by atomic mass is 10.1. The van der Waals surface area contributed by atoms with Crippen molar-refractivity contribution in [1.82, 2.24) is 5.32 Å². The first-order chi connectivity index (χ1) is 8.16. The molecule has 102 valence electrons. The summed E-state index contributed by atoms with van der Waals surface area (Å²) in [6.07, 6.45) is 0.855. The lowest BCUT2D eigenvalue weighted by Gasteiger charge is -2.20. The molecule has 0 saturated heterocycles. The minimum absolute atomic E-state index is 0.0868. The molecule has 0 atom stereocenters. The summed E-state index contributed by atoms with van der Waals surface area (Å²) in [5, 5.41) is 3.37. The van der Waals surface area contributed by atoms with E-state index in [1.807, 2.05) is 0 Å². The van der Waals surface area contributed by atoms with Crippen LogP contribution in [-0.2, 0) is 11.0 Å². The standard InChI is InChI=1S/C12H20NO4P/c1-12(2,3)13-9-8-10-4-6-11(7-5-10)17-18(14,15)16/h4-7,13H,8-9H2,1-3H3,(H2,14,15,16). The summed E-state index contributed by atoms with van der Waals surface area (Å²) in [7, 11) is -4.46. The maximum atomic E-state index is 10.6. The second-order valence-electron chi connectivity index (χ2n) is 5.15. The number of hydrogen-bond donors (Lipinski definition) is 3. The van der Waals surface area contributed by atoms with Crippen LogP contribution in [-0.4, -0.2) is 21.9 Å². The fourth-order valence-corrected chi connectivity index (χ4v) is 1.83. The summed E-state index contributed by atoms with van der Waals surface area (Å²) in [4.78, 5) is 17.3. The van der Waals surface area contributed by atoms with Crippen LogP contribution in [0.2, 0.25) is 0 Å². The van der Waals surface area contributed by atoms with Crippen molar-refractivity contribution in [3.8, 4) is 5.75 Å². The third kappa shape index (κ3) is 6.77. The number of phosphoric ester groups is 1. The van der Waals surface area contributed by atoms with Gasteiger partial charge in [-0.1, -0.05) is 12.1 Å². The summed E-state index contributed by atoms with van der Waals surface area (Å²) in [5.41, 5.74) is 1.17. The van der Waals surface area contributed by atoms with Gasteiger partial charge in [-0.2, -0.15) is 0 Å². The van der Waals surface area contributed by atoms with Crippen molar-refractivity contribution in [3.05, 3.63) is 29.8 Å². The third-order valence-corrected chi connectivity index (χ3v) is 2.67. The molecule has 3 N–H and O–H groups in total. The van der Waals surface area contributed by atoms with Gasteiger partial charge in [0.2, 0.25) is 0 Å². The van der Waals surface area contributed by atoms with Gasteiger partial charge in [0.05, 0.1) is 0 Å². The van der Waals surface area contributed by atoms with Crippen molar-refractivity contribution in [2.24, 2.45) is 0 Å². The molecule has 0 heterocycles. The van der Waals surface area contributed by atoms with Gasteiger partial charge >= 0.3 is 7.82 Å². The van der Waals surface area contributed by atoms with E-state index in [0.717, 1.165) is 18.5 Å². The second-order valence-corrected chi connectivity index (χ2v) is 6.32. The molecule has 5 nitrogen and oxygen atoms in total. The van der Waals surface area contributed by atoms with Gasteiger partial charge < -0.3 is 9.84 Å². The van der Waals surface area contributed by atoms with Gasteiger partial charge in [-0.05, 0) is 51.4 Å². The van der Waals surface area contributed by atoms with Crippen LogP contribution in [0.1, 0.15) is 26.3 Å². The smallest absolute Gasteiger partial charge is 0.404 e. The van der Waals surface area contributed by atoms with Crippen molar-refractivity contribution < 1.29 is 18.9 Å². The Labute approximate surface area is 107 Å². The van der Waals surface area contributed by atoms with E-state index in [1.54, 1.807) is 24.3 Å². The van der Waals surface area contributed by atoms with Gasteiger partial charge in [0.1, 0.15) is 5.75 Å². The highest BCUT2D eigenvalue weighted by molar-refractivity contribution is 7.46. The Morgan fingerprint density at radius 3 is 2.22 bits per heavy atom. The highest BCUT2D eigenvalue weighted by Crippen LogP contribution is 2.37. The first-order valence-electron chi connectivity index (χ1n) is 5.75. The van der Waals surface area contributed by atoms with Crippen molar-refractivity contribution >= 4 is 7.82 Å². The highest BCUT2D eigenvalue weighted by atomic mass is 31.2. The molecule has 0 unspecified atom stereocenters. The number of rotatable bonds is 5. The molecule has 6 heteroatoms. The van der Waals surface area contributed by atoms with E-state index in [-0.39, 0.29) is 11.3 Å². The molecule has 0 aliphatic heterocycles. The van der Waals surface area contributed by atoms with Gasteiger partial charge in [0.15, 0.2) is 0 Å². The maximum Gasteiger partial charge on any atom is 0.524 e. The van der Waals surface area contributed by atoms with Gasteiger partial charge in [0, 0.05) is 5.54 Å². The Hall–Kier alpha value is -0.870. The summed E-state index contributed by atoms with van der Waals surface area (Å²) in [5.74, 6) is 0.177. The predicted octanol–water partition coefficient (Wildman–Crippen LogP) is 2.09. The van der Waals surface area contributed by atoms with E-state index in [0.29, 0.717) is 0 Å². The van der Waals surface area contributed by atoms with Crippen molar-refractivity contribution in [2.45, 2.75) is 32.7 Å².